The van der Waals surface area contributed by atoms with E-state index in [1.807, 2.05) is 218 Å². The van der Waals surface area contributed by atoms with Gasteiger partial charge >= 0.3 is 0 Å². The van der Waals surface area contributed by atoms with Crippen molar-refractivity contribution >= 4 is 51.2 Å². The number of benzene rings is 9. The second-order valence-electron chi connectivity index (χ2n) is 15.1. The zero-order chi connectivity index (χ0) is 46.9. The van der Waals surface area contributed by atoms with Gasteiger partial charge in [-0.3, -0.25) is 0 Å². The first-order valence-electron chi connectivity index (χ1n) is 23.0. The van der Waals surface area contributed by atoms with E-state index in [1.54, 1.807) is 30.3 Å². The first-order valence-corrected chi connectivity index (χ1v) is 21.5. The molecule has 7 nitrogen and oxygen atoms in total. The molecule has 7 heteroatoms. The van der Waals surface area contributed by atoms with Gasteiger partial charge in [0.25, 0.3) is 0 Å². The first kappa shape index (κ1) is 37.5. The lowest BCUT2D eigenvalue weighted by molar-refractivity contribution is 0.412. The Morgan fingerprint density at radius 1 is 0.258 bits per heavy atom. The molecule has 0 aliphatic carbocycles. The van der Waals surface area contributed by atoms with Gasteiger partial charge in [0.2, 0.25) is 11.8 Å². The average Bonchev–Trinajstić information content (AvgIpc) is 3.37. The molecule has 10 aromatic rings. The maximum Gasteiger partial charge on any atom is 0.226 e. The fourth-order valence-electron chi connectivity index (χ4n) is 7.63. The third kappa shape index (κ3) is 9.61. The molecule has 0 aliphatic rings. The fraction of sp³-hybridized carbons (Fsp3) is 0. The quantitative estimate of drug-likeness (QED) is 0.102. The summed E-state index contributed by atoms with van der Waals surface area (Å²) >= 11 is 0. The van der Waals surface area contributed by atoms with Crippen molar-refractivity contribution in [3.63, 3.8) is 0 Å². The van der Waals surface area contributed by atoms with E-state index in [0.29, 0.717) is 41.1 Å². The van der Waals surface area contributed by atoms with Crippen molar-refractivity contribution in [1.29, 1.82) is 0 Å². The van der Waals surface area contributed by atoms with E-state index in [4.69, 9.17) is 23.3 Å². The van der Waals surface area contributed by atoms with Crippen LogP contribution in [-0.4, -0.2) is 4.98 Å². The van der Waals surface area contributed by atoms with E-state index in [0.717, 1.165) is 51.2 Å². The number of hydrogen-bond donors (Lipinski definition) is 0. The van der Waals surface area contributed by atoms with Gasteiger partial charge in [-0.25, -0.2) is 0 Å². The molecule has 0 saturated carbocycles. The molecule has 1 aromatic heterocycles. The highest BCUT2D eigenvalue weighted by Crippen LogP contribution is 2.40. The molecule has 0 atom stereocenters. The van der Waals surface area contributed by atoms with Crippen LogP contribution in [0.15, 0.2) is 267 Å². The molecule has 318 valence electrons. The lowest BCUT2D eigenvalue weighted by Crippen LogP contribution is -2.09. The van der Waals surface area contributed by atoms with Crippen molar-refractivity contribution in [3.05, 3.63) is 267 Å². The first-order chi connectivity index (χ1) is 33.9. The lowest BCUT2D eigenvalue weighted by atomic mass is 10.2. The molecule has 66 heavy (non-hydrogen) atoms. The smallest absolute Gasteiger partial charge is 0.226 e. The highest BCUT2D eigenvalue weighted by molar-refractivity contribution is 5.79. The Hall–Kier alpha value is -9.07. The topological polar surface area (TPSA) is 50.3 Å². The summed E-state index contributed by atoms with van der Waals surface area (Å²) in [7, 11) is 0. The van der Waals surface area contributed by atoms with E-state index in [1.165, 1.54) is 0 Å². The van der Waals surface area contributed by atoms with Crippen molar-refractivity contribution in [2.75, 3.05) is 14.7 Å². The molecule has 0 amide bonds. The number of para-hydroxylation sites is 6. The van der Waals surface area contributed by atoms with Crippen LogP contribution in [0.4, 0.5) is 51.2 Å². The van der Waals surface area contributed by atoms with E-state index in [2.05, 4.69) is 14.7 Å². The summed E-state index contributed by atoms with van der Waals surface area (Å²) < 4.78 is 44.3. The van der Waals surface area contributed by atoms with Crippen molar-refractivity contribution in [1.82, 2.24) is 4.98 Å². The Morgan fingerprint density at radius 2 is 0.515 bits per heavy atom. The molecule has 0 aliphatic heterocycles. The van der Waals surface area contributed by atoms with Gasteiger partial charge in [-0.15, -0.1) is 0 Å². The van der Waals surface area contributed by atoms with Gasteiger partial charge in [-0.1, -0.05) is 109 Å². The van der Waals surface area contributed by atoms with Gasteiger partial charge in [-0.2, -0.15) is 4.98 Å². The minimum Gasteiger partial charge on any atom is -0.457 e. The molecule has 9 aromatic carbocycles. The number of rotatable bonds is 15. The fourth-order valence-corrected chi connectivity index (χ4v) is 7.63. The summed E-state index contributed by atoms with van der Waals surface area (Å²) in [5.74, 6) is 2.60. The molecule has 0 saturated heterocycles. The standard InChI is InChI=1S/C59H44N4O3/c1-7-19-45(20-8-1)61(46-21-9-2-10-22-46)51-31-37-54(38-32-51)64-57-43-58(65-55-39-33-52(34-40-55)62(47-23-11-3-12-24-47)48-25-13-4-14-26-48)60-59(44-57)66-56-41-35-53(36-42-56)63(49-27-15-5-16-28-49)50-29-17-6-18-30-50/h1-44H/i7T,11T,15T. The number of ether oxygens (including phenoxy) is 3. The molecular formula is C59H44N4O3. The molecule has 0 unspecified atom stereocenters. The molecule has 0 fully saturated rings. The average molecular weight is 863 g/mol. The Labute approximate surface area is 389 Å². The van der Waals surface area contributed by atoms with E-state index in [9.17, 15) is 0 Å². The minimum absolute atomic E-state index is 0.251. The third-order valence-corrected chi connectivity index (χ3v) is 10.6. The van der Waals surface area contributed by atoms with Gasteiger partial charge in [0.05, 0.1) is 4.11 Å². The van der Waals surface area contributed by atoms with Crippen LogP contribution in [0.2, 0.25) is 0 Å². The van der Waals surface area contributed by atoms with Crippen LogP contribution in [0.25, 0.3) is 0 Å². The Balaban J connectivity index is 0.958. The highest BCUT2D eigenvalue weighted by Gasteiger charge is 2.17. The summed E-state index contributed by atoms with van der Waals surface area (Å²) in [6.07, 6.45) is 0. The van der Waals surface area contributed by atoms with Crippen LogP contribution in [0, 0.1) is 0 Å². The Bertz CT molecular complexity index is 2930. The molecule has 0 N–H and O–H groups in total. The summed E-state index contributed by atoms with van der Waals surface area (Å²) in [4.78, 5) is 11.1. The minimum atomic E-state index is 0.251. The summed E-state index contributed by atoms with van der Waals surface area (Å²) in [5, 5.41) is 0. The summed E-state index contributed by atoms with van der Waals surface area (Å²) in [6.45, 7) is 0. The van der Waals surface area contributed by atoms with Crippen molar-refractivity contribution in [2.45, 2.75) is 0 Å². The van der Waals surface area contributed by atoms with Crippen molar-refractivity contribution in [2.24, 2.45) is 0 Å². The van der Waals surface area contributed by atoms with Crippen LogP contribution in [-0.2, 0) is 0 Å². The molecule has 10 rings (SSSR count). The van der Waals surface area contributed by atoms with E-state index >= 15 is 0 Å². The SMILES string of the molecule is [3H]c1cccc(N(c2ccccc2)c2ccc(Oc3cc(Oc4ccc(N(c5ccccc5)c5cccc([3H])c5)cc4)nc(Oc4ccc(N(c5ccccc5)c5cccc([3H])c5)cc4)c3)cc2)c1. The number of nitrogens with zero attached hydrogens (tertiary/aromatic N) is 4. The second-order valence-corrected chi connectivity index (χ2v) is 15.1. The number of aromatic nitrogens is 1. The molecule has 1 heterocycles. The van der Waals surface area contributed by atoms with Crippen LogP contribution in [0.3, 0.4) is 0 Å². The zero-order valence-corrected chi connectivity index (χ0v) is 35.7. The normalized spacial score (nSPS) is 11.4. The van der Waals surface area contributed by atoms with Crippen LogP contribution in [0.1, 0.15) is 4.11 Å². The largest absolute Gasteiger partial charge is 0.457 e. The second kappa shape index (κ2) is 19.5. The van der Waals surface area contributed by atoms with Crippen molar-refractivity contribution in [3.8, 4) is 34.8 Å². The van der Waals surface area contributed by atoms with Crippen LogP contribution in [0.5, 0.6) is 34.8 Å². The predicted octanol–water partition coefficient (Wildman–Crippen LogP) is 16.9. The van der Waals surface area contributed by atoms with Gasteiger partial charge in [0.15, 0.2) is 0 Å². The molecule has 0 bridgehead atoms. The third-order valence-electron chi connectivity index (χ3n) is 10.6. The van der Waals surface area contributed by atoms with E-state index in [-0.39, 0.29) is 11.8 Å². The van der Waals surface area contributed by atoms with Gasteiger partial charge in [0.1, 0.15) is 23.0 Å². The lowest BCUT2D eigenvalue weighted by Gasteiger charge is -2.25. The van der Waals surface area contributed by atoms with Crippen LogP contribution >= 0.6 is 0 Å². The van der Waals surface area contributed by atoms with Gasteiger partial charge in [-0.05, 0) is 146 Å². The van der Waals surface area contributed by atoms with E-state index < -0.39 is 0 Å². The van der Waals surface area contributed by atoms with Gasteiger partial charge in [0, 0.05) is 63.3 Å². The van der Waals surface area contributed by atoms with Crippen molar-refractivity contribution < 1.29 is 18.3 Å². The Kier molecular flexibility index (Phi) is 11.1. The monoisotopic (exact) mass is 862 g/mol. The highest BCUT2D eigenvalue weighted by atomic mass is 16.5. The number of hydrogen-bond acceptors (Lipinski definition) is 7. The molecule has 0 radical (unpaired) electrons. The molecular weight excluding hydrogens is 813 g/mol. The number of anilines is 9. The van der Waals surface area contributed by atoms with Crippen LogP contribution < -0.4 is 28.9 Å². The maximum atomic E-state index is 8.30. The Morgan fingerprint density at radius 3 is 0.818 bits per heavy atom. The zero-order valence-electron chi connectivity index (χ0n) is 38.7. The summed E-state index contributed by atoms with van der Waals surface area (Å²) in [6, 6.07) is 80.4. The summed E-state index contributed by atoms with van der Waals surface area (Å²) in [5.41, 5.74) is 8.12. The number of pyridine rings is 1. The van der Waals surface area contributed by atoms with Gasteiger partial charge < -0.3 is 28.9 Å². The molecule has 0 spiro atoms. The maximum absolute atomic E-state index is 8.30. The predicted molar refractivity (Wildman–Crippen MR) is 268 cm³/mol.